The normalized spacial score (nSPS) is 21.2. The van der Waals surface area contributed by atoms with Gasteiger partial charge >= 0.3 is 12.1 Å². The summed E-state index contributed by atoms with van der Waals surface area (Å²) in [5.74, 6) is -2.78. The van der Waals surface area contributed by atoms with Gasteiger partial charge in [0, 0.05) is 19.6 Å². The Kier molecular flexibility index (Phi) is 5.89. The van der Waals surface area contributed by atoms with E-state index in [1.165, 1.54) is 17.0 Å². The molecule has 0 aromatic heterocycles. The minimum absolute atomic E-state index is 0.00944. The van der Waals surface area contributed by atoms with Gasteiger partial charge in [-0.05, 0) is 37.2 Å². The van der Waals surface area contributed by atoms with Gasteiger partial charge in [0.15, 0.2) is 0 Å². The van der Waals surface area contributed by atoms with Gasteiger partial charge in [0.05, 0.1) is 17.4 Å². The molecule has 1 N–H and O–H groups in total. The second-order valence-corrected chi connectivity index (χ2v) is 7.88. The molecule has 1 amide bonds. The fourth-order valence-electron chi connectivity index (χ4n) is 3.41. The smallest absolute Gasteiger partial charge is 0.416 e. The molecule has 1 saturated carbocycles. The predicted octanol–water partition coefficient (Wildman–Crippen LogP) is 2.95. The molecule has 0 unspecified atom stereocenters. The first-order chi connectivity index (χ1) is 12.4. The van der Waals surface area contributed by atoms with Crippen molar-refractivity contribution >= 4 is 11.9 Å². The molecule has 0 heterocycles. The maximum Gasteiger partial charge on any atom is 0.416 e. The number of carboxylic acid groups (broad SMARTS) is 1. The molecule has 8 heteroatoms. The zero-order valence-electron chi connectivity index (χ0n) is 15.9. The molecule has 2 atom stereocenters. The van der Waals surface area contributed by atoms with E-state index in [4.69, 9.17) is 0 Å². The lowest BCUT2D eigenvalue weighted by atomic mass is 10.1. The number of likely N-dealkylation sites (N-methyl/N-ethyl adjacent to an activating group) is 1. The first-order valence-corrected chi connectivity index (χ1v) is 8.68. The number of alkyl halides is 3. The van der Waals surface area contributed by atoms with Gasteiger partial charge in [0.2, 0.25) is 5.91 Å². The van der Waals surface area contributed by atoms with Crippen LogP contribution in [-0.4, -0.2) is 54.0 Å². The molecule has 27 heavy (non-hydrogen) atoms. The summed E-state index contributed by atoms with van der Waals surface area (Å²) in [5, 5.41) is 9.32. The first-order valence-electron chi connectivity index (χ1n) is 8.68. The summed E-state index contributed by atoms with van der Waals surface area (Å²) in [6.45, 7) is 4.29. The third kappa shape index (κ3) is 4.80. The van der Waals surface area contributed by atoms with Crippen LogP contribution in [0.2, 0.25) is 0 Å². The molecular weight excluding hydrogens is 361 g/mol. The number of aliphatic carboxylic acids is 1. The maximum atomic E-state index is 13.0. The van der Waals surface area contributed by atoms with Crippen molar-refractivity contribution in [3.63, 3.8) is 0 Å². The van der Waals surface area contributed by atoms with Gasteiger partial charge in [-0.15, -0.1) is 0 Å². The summed E-state index contributed by atoms with van der Waals surface area (Å²) in [6.07, 6.45) is -4.46. The molecule has 0 bridgehead atoms. The van der Waals surface area contributed by atoms with E-state index in [2.05, 4.69) is 0 Å². The zero-order chi connectivity index (χ0) is 20.6. The van der Waals surface area contributed by atoms with Gasteiger partial charge in [0.1, 0.15) is 0 Å². The van der Waals surface area contributed by atoms with Crippen LogP contribution in [0.4, 0.5) is 13.2 Å². The van der Waals surface area contributed by atoms with Gasteiger partial charge < -0.3 is 14.9 Å². The van der Waals surface area contributed by atoms with Crippen molar-refractivity contribution in [3.05, 3.63) is 35.4 Å². The second-order valence-electron chi connectivity index (χ2n) is 7.88. The Bertz CT molecular complexity index is 716. The molecule has 5 nitrogen and oxygen atoms in total. The maximum absolute atomic E-state index is 13.0. The predicted molar refractivity (Wildman–Crippen MR) is 93.8 cm³/mol. The van der Waals surface area contributed by atoms with E-state index < -0.39 is 35.0 Å². The van der Waals surface area contributed by atoms with Crippen LogP contribution in [-0.2, 0) is 22.3 Å². The number of rotatable bonds is 7. The van der Waals surface area contributed by atoms with E-state index in [0.717, 1.165) is 12.1 Å². The number of hydrogen-bond acceptors (Lipinski definition) is 3. The van der Waals surface area contributed by atoms with E-state index in [9.17, 15) is 27.9 Å². The Hall–Kier alpha value is -2.09. The monoisotopic (exact) mass is 386 g/mol. The number of hydrogen-bond donors (Lipinski definition) is 1. The molecule has 2 rings (SSSR count). The van der Waals surface area contributed by atoms with Crippen LogP contribution in [0.15, 0.2) is 24.3 Å². The molecule has 1 aliphatic rings. The average molecular weight is 386 g/mol. The Morgan fingerprint density at radius 3 is 2.26 bits per heavy atom. The van der Waals surface area contributed by atoms with Crippen molar-refractivity contribution in [1.29, 1.82) is 0 Å². The molecule has 1 aliphatic carbocycles. The fourth-order valence-corrected chi connectivity index (χ4v) is 3.41. The van der Waals surface area contributed by atoms with Crippen molar-refractivity contribution in [2.45, 2.75) is 26.6 Å². The van der Waals surface area contributed by atoms with Gasteiger partial charge in [-0.3, -0.25) is 9.59 Å². The minimum atomic E-state index is -4.46. The summed E-state index contributed by atoms with van der Waals surface area (Å²) in [6, 6.07) is 4.87. The Morgan fingerprint density at radius 2 is 1.78 bits per heavy atom. The van der Waals surface area contributed by atoms with Crippen molar-refractivity contribution < 1.29 is 27.9 Å². The van der Waals surface area contributed by atoms with Crippen LogP contribution in [0.3, 0.4) is 0 Å². The molecule has 1 aromatic carbocycles. The van der Waals surface area contributed by atoms with Crippen LogP contribution < -0.4 is 0 Å². The summed E-state index contributed by atoms with van der Waals surface area (Å²) < 4.78 is 38.8. The van der Waals surface area contributed by atoms with Crippen molar-refractivity contribution in [2.75, 3.05) is 27.2 Å². The van der Waals surface area contributed by atoms with E-state index in [-0.39, 0.29) is 12.5 Å². The Morgan fingerprint density at radius 1 is 1.15 bits per heavy atom. The van der Waals surface area contributed by atoms with E-state index >= 15 is 0 Å². The Labute approximate surface area is 156 Å². The van der Waals surface area contributed by atoms with Crippen molar-refractivity contribution in [2.24, 2.45) is 17.3 Å². The van der Waals surface area contributed by atoms with Crippen LogP contribution >= 0.6 is 0 Å². The lowest BCUT2D eigenvalue weighted by molar-refractivity contribution is -0.142. The van der Waals surface area contributed by atoms with Crippen LogP contribution in [0, 0.1) is 17.3 Å². The highest BCUT2D eigenvalue weighted by atomic mass is 19.4. The summed E-state index contributed by atoms with van der Waals surface area (Å²) in [5.41, 5.74) is -1.06. The third-order valence-corrected chi connectivity index (χ3v) is 5.12. The summed E-state index contributed by atoms with van der Waals surface area (Å²) >= 11 is 0. The zero-order valence-corrected chi connectivity index (χ0v) is 15.9. The van der Waals surface area contributed by atoms with Gasteiger partial charge in [-0.1, -0.05) is 26.0 Å². The van der Waals surface area contributed by atoms with Crippen LogP contribution in [0.25, 0.3) is 0 Å². The minimum Gasteiger partial charge on any atom is -0.481 e. The molecule has 150 valence electrons. The van der Waals surface area contributed by atoms with Gasteiger partial charge in [-0.2, -0.15) is 13.2 Å². The molecular formula is C19H25F3N2O3. The summed E-state index contributed by atoms with van der Waals surface area (Å²) in [4.78, 5) is 27.7. The molecule has 1 aromatic rings. The quantitative estimate of drug-likeness (QED) is 0.783. The lowest BCUT2D eigenvalue weighted by Crippen LogP contribution is -2.38. The topological polar surface area (TPSA) is 60.9 Å². The van der Waals surface area contributed by atoms with Crippen molar-refractivity contribution in [3.8, 4) is 0 Å². The second kappa shape index (κ2) is 7.50. The van der Waals surface area contributed by atoms with Crippen LogP contribution in [0.5, 0.6) is 0 Å². The van der Waals surface area contributed by atoms with E-state index in [0.29, 0.717) is 18.7 Å². The largest absolute Gasteiger partial charge is 0.481 e. The number of amides is 1. The number of benzene rings is 1. The highest BCUT2D eigenvalue weighted by Gasteiger charge is 2.66. The third-order valence-electron chi connectivity index (χ3n) is 5.12. The van der Waals surface area contributed by atoms with Gasteiger partial charge in [-0.25, -0.2) is 0 Å². The molecule has 1 fully saturated rings. The molecule has 0 saturated heterocycles. The van der Waals surface area contributed by atoms with E-state index in [1.807, 2.05) is 19.0 Å². The van der Waals surface area contributed by atoms with Crippen molar-refractivity contribution in [1.82, 2.24) is 9.80 Å². The first kappa shape index (κ1) is 21.2. The lowest BCUT2D eigenvalue weighted by Gasteiger charge is -2.25. The highest BCUT2D eigenvalue weighted by Crippen LogP contribution is 2.59. The molecule has 0 aliphatic heterocycles. The SMILES string of the molecule is CN(C)CCN(Cc1cccc(C(F)(F)F)c1)C(=O)[C@@H]1[C@H](C(=O)O)C1(C)C. The molecule has 0 spiro atoms. The average Bonchev–Trinajstić information content (AvgIpc) is 3.12. The molecule has 0 radical (unpaired) electrons. The number of carbonyl (C=O) groups is 2. The standard InChI is InChI=1S/C19H25F3N2O3/c1-18(2)14(15(18)17(26)27)16(25)24(9-8-23(3)4)11-12-6-5-7-13(10-12)19(20,21)22/h5-7,10,14-15H,8-9,11H2,1-4H3,(H,26,27)/t14-,15+/m0/s1. The van der Waals surface area contributed by atoms with Gasteiger partial charge in [0.25, 0.3) is 0 Å². The van der Waals surface area contributed by atoms with E-state index in [1.54, 1.807) is 13.8 Å². The highest BCUT2D eigenvalue weighted by molar-refractivity contribution is 5.91. The van der Waals surface area contributed by atoms with Crippen LogP contribution in [0.1, 0.15) is 25.0 Å². The number of carboxylic acids is 1. The summed E-state index contributed by atoms with van der Waals surface area (Å²) in [7, 11) is 3.65. The fraction of sp³-hybridized carbons (Fsp3) is 0.579. The number of halogens is 3. The number of carbonyl (C=O) groups excluding carboxylic acids is 1. The Balaban J connectivity index is 2.23. The number of nitrogens with zero attached hydrogens (tertiary/aromatic N) is 2.